The van der Waals surface area contributed by atoms with Gasteiger partial charge in [0.05, 0.1) is 18.6 Å². The molecule has 9 N–H and O–H groups in total. The largest absolute Gasteiger partial charge is 0.445 e. The van der Waals surface area contributed by atoms with Gasteiger partial charge >= 0.3 is 6.09 Å². The van der Waals surface area contributed by atoms with Crippen molar-refractivity contribution in [2.24, 2.45) is 28.3 Å². The van der Waals surface area contributed by atoms with Gasteiger partial charge in [0.15, 0.2) is 5.96 Å². The van der Waals surface area contributed by atoms with Crippen molar-refractivity contribution in [1.82, 2.24) is 21.3 Å². The highest BCUT2D eigenvalue weighted by atomic mass is 16.5. The van der Waals surface area contributed by atoms with E-state index in [-0.39, 0.29) is 49.7 Å². The monoisotopic (exact) mass is 741 g/mol. The fourth-order valence-corrected chi connectivity index (χ4v) is 6.65. The zero-order valence-electron chi connectivity index (χ0n) is 31.2. The summed E-state index contributed by atoms with van der Waals surface area (Å²) in [4.78, 5) is 58.1. The second-order valence-electron chi connectivity index (χ2n) is 14.2. The van der Waals surface area contributed by atoms with Crippen LogP contribution < -0.4 is 32.7 Å². The van der Waals surface area contributed by atoms with Crippen molar-refractivity contribution in [2.75, 3.05) is 13.1 Å². The Bertz CT molecular complexity index is 1660. The first-order valence-corrected chi connectivity index (χ1v) is 18.7. The molecule has 0 aromatic heterocycles. The zero-order chi connectivity index (χ0) is 38.9. The number of rotatable bonds is 20. The predicted octanol–water partition coefficient (Wildman–Crippen LogP) is 2.88. The molecule has 3 aromatic carbocycles. The van der Waals surface area contributed by atoms with Gasteiger partial charge in [0, 0.05) is 13.1 Å². The van der Waals surface area contributed by atoms with Crippen LogP contribution in [0.3, 0.4) is 0 Å². The van der Waals surface area contributed by atoms with E-state index in [1.165, 1.54) is 0 Å². The number of nitrogens with one attached hydrogen (secondary N) is 4. The van der Waals surface area contributed by atoms with Crippen LogP contribution >= 0.6 is 0 Å². The van der Waals surface area contributed by atoms with Crippen molar-refractivity contribution in [1.29, 1.82) is 0 Å². The number of nitrogens with two attached hydrogens (primary N) is 2. The highest BCUT2D eigenvalue weighted by Gasteiger charge is 2.38. The molecule has 0 saturated heterocycles. The highest BCUT2D eigenvalue weighted by molar-refractivity contribution is 5.92. The lowest BCUT2D eigenvalue weighted by Gasteiger charge is -2.31. The number of fused-ring (bicyclic) bond motifs is 1. The quantitative estimate of drug-likeness (QED) is 0.0519. The summed E-state index contributed by atoms with van der Waals surface area (Å²) in [5.74, 6) is -1.71. The van der Waals surface area contributed by atoms with Gasteiger partial charge in [0.1, 0.15) is 18.7 Å². The van der Waals surface area contributed by atoms with Gasteiger partial charge in [0.25, 0.3) is 0 Å². The zero-order valence-corrected chi connectivity index (χ0v) is 31.2. The Morgan fingerprint density at radius 2 is 1.44 bits per heavy atom. The van der Waals surface area contributed by atoms with Gasteiger partial charge < -0.3 is 42.6 Å². The van der Waals surface area contributed by atoms with E-state index in [9.17, 15) is 24.3 Å². The first-order chi connectivity index (χ1) is 26.0. The molecule has 0 fully saturated rings. The van der Waals surface area contributed by atoms with E-state index in [0.29, 0.717) is 38.6 Å². The number of benzene rings is 3. The molecule has 13 nitrogen and oxygen atoms in total. The Morgan fingerprint density at radius 3 is 2.06 bits per heavy atom. The number of aliphatic imine (C=N–C) groups is 1. The molecule has 1 aliphatic carbocycles. The van der Waals surface area contributed by atoms with Crippen LogP contribution in [0.1, 0.15) is 61.8 Å². The smallest absolute Gasteiger partial charge is 0.408 e. The molecule has 0 aliphatic heterocycles. The fourth-order valence-electron chi connectivity index (χ4n) is 6.65. The third-order valence-corrected chi connectivity index (χ3v) is 9.39. The van der Waals surface area contributed by atoms with Crippen LogP contribution in [0.25, 0.3) is 0 Å². The molecule has 0 bridgehead atoms. The summed E-state index contributed by atoms with van der Waals surface area (Å²) in [5, 5.41) is 22.7. The Morgan fingerprint density at radius 1 is 0.833 bits per heavy atom. The topological polar surface area (TPSA) is 210 Å². The van der Waals surface area contributed by atoms with Crippen molar-refractivity contribution in [3.8, 4) is 0 Å². The second kappa shape index (κ2) is 21.3. The fraction of sp³-hybridized carbons (Fsp3) is 0.439. The standard InChI is InChI=1S/C41H55N7O6/c1-27(2)22-34(35(49)25-36(50)44-21-19-28-12-5-3-6-13-28)46-39(52)37(32-23-30-16-9-10-17-31(30)24-32)48-38(51)33(18-11-20-45-40(42)43)47-41(53)54-26-29-14-7-4-8-15-29/h3-10,12-17,27,32-35,37,49H,11,18-26H2,1-2H3,(H,44,50)(H,46,52)(H,47,53)(H,48,51)(H4,42,43,45)/t33-,34-,35-,37-/m0/s1. The summed E-state index contributed by atoms with van der Waals surface area (Å²) in [6, 6.07) is 23.9. The molecule has 290 valence electrons. The van der Waals surface area contributed by atoms with E-state index in [0.717, 1.165) is 22.3 Å². The molecule has 4 atom stereocenters. The van der Waals surface area contributed by atoms with Crippen molar-refractivity contribution in [2.45, 2.75) is 89.6 Å². The van der Waals surface area contributed by atoms with Gasteiger partial charge in [-0.3, -0.25) is 19.4 Å². The van der Waals surface area contributed by atoms with E-state index in [2.05, 4.69) is 26.3 Å². The Kier molecular flexibility index (Phi) is 16.3. The first-order valence-electron chi connectivity index (χ1n) is 18.7. The van der Waals surface area contributed by atoms with Crippen molar-refractivity contribution in [3.05, 3.63) is 107 Å². The number of guanidine groups is 1. The summed E-state index contributed by atoms with van der Waals surface area (Å²) >= 11 is 0. The molecule has 4 rings (SSSR count). The molecular weight excluding hydrogens is 686 g/mol. The number of nitrogens with zero attached hydrogens (tertiary/aromatic N) is 1. The maximum Gasteiger partial charge on any atom is 0.408 e. The van der Waals surface area contributed by atoms with Gasteiger partial charge in [-0.1, -0.05) is 98.8 Å². The van der Waals surface area contributed by atoms with Crippen LogP contribution in [0.5, 0.6) is 0 Å². The van der Waals surface area contributed by atoms with Gasteiger partial charge in [-0.25, -0.2) is 4.79 Å². The molecular formula is C41H55N7O6. The van der Waals surface area contributed by atoms with Crippen LogP contribution in [0.2, 0.25) is 0 Å². The molecule has 54 heavy (non-hydrogen) atoms. The number of hydrogen-bond donors (Lipinski definition) is 7. The Hall–Kier alpha value is -5.43. The number of amides is 4. The SMILES string of the molecule is CC(C)C[C@H](NC(=O)[C@@H](NC(=O)[C@H](CCCN=C(N)N)NC(=O)OCc1ccccc1)C1Cc2ccccc2C1)[C@@H](O)CC(=O)NCCc1ccccc1. The lowest BCUT2D eigenvalue weighted by molar-refractivity contribution is -0.132. The van der Waals surface area contributed by atoms with Crippen molar-refractivity contribution in [3.63, 3.8) is 0 Å². The molecule has 4 amide bonds. The molecule has 13 heteroatoms. The number of ether oxygens (including phenoxy) is 1. The first kappa shape index (κ1) is 41.3. The number of carbonyl (C=O) groups is 4. The molecule has 0 saturated carbocycles. The van der Waals surface area contributed by atoms with Gasteiger partial charge in [-0.05, 0) is 72.6 Å². The average molecular weight is 742 g/mol. The van der Waals surface area contributed by atoms with E-state index >= 15 is 0 Å². The molecule has 1 aliphatic rings. The minimum absolute atomic E-state index is 0.00495. The summed E-state index contributed by atoms with van der Waals surface area (Å²) in [7, 11) is 0. The lowest BCUT2D eigenvalue weighted by Crippen LogP contribution is -2.59. The summed E-state index contributed by atoms with van der Waals surface area (Å²) in [5.41, 5.74) is 15.0. The number of hydrogen-bond acceptors (Lipinski definition) is 7. The summed E-state index contributed by atoms with van der Waals surface area (Å²) in [6.45, 7) is 4.57. The minimum atomic E-state index is -1.17. The van der Waals surface area contributed by atoms with E-state index < -0.39 is 42.1 Å². The summed E-state index contributed by atoms with van der Waals surface area (Å²) in [6.07, 6.45) is 0.479. The Balaban J connectivity index is 1.47. The normalized spacial score (nSPS) is 14.5. The van der Waals surface area contributed by atoms with E-state index in [1.54, 1.807) is 0 Å². The highest BCUT2D eigenvalue weighted by Crippen LogP contribution is 2.29. The van der Waals surface area contributed by atoms with Crippen LogP contribution in [0, 0.1) is 11.8 Å². The molecule has 0 spiro atoms. The molecule has 0 radical (unpaired) electrons. The number of aliphatic hydroxyl groups is 1. The maximum atomic E-state index is 14.3. The number of alkyl carbamates (subject to hydrolysis) is 1. The van der Waals surface area contributed by atoms with Gasteiger partial charge in [0.2, 0.25) is 17.7 Å². The Labute approximate surface area is 317 Å². The average Bonchev–Trinajstić information content (AvgIpc) is 3.58. The lowest BCUT2D eigenvalue weighted by atomic mass is 9.92. The van der Waals surface area contributed by atoms with Crippen molar-refractivity contribution >= 4 is 29.8 Å². The van der Waals surface area contributed by atoms with Crippen LogP contribution in [-0.2, 0) is 45.0 Å². The van der Waals surface area contributed by atoms with Crippen molar-refractivity contribution < 1.29 is 29.0 Å². The van der Waals surface area contributed by atoms with Gasteiger partial charge in [-0.2, -0.15) is 0 Å². The van der Waals surface area contributed by atoms with Gasteiger partial charge in [-0.15, -0.1) is 0 Å². The van der Waals surface area contributed by atoms with Crippen LogP contribution in [-0.4, -0.2) is 72.2 Å². The van der Waals surface area contributed by atoms with E-state index in [1.807, 2.05) is 98.8 Å². The van der Waals surface area contributed by atoms with Crippen LogP contribution in [0.4, 0.5) is 4.79 Å². The molecule has 3 aromatic rings. The third kappa shape index (κ3) is 13.8. The maximum absolute atomic E-state index is 14.3. The predicted molar refractivity (Wildman–Crippen MR) is 208 cm³/mol. The number of carbonyl (C=O) groups excluding carboxylic acids is 4. The number of aliphatic hydroxyl groups excluding tert-OH is 1. The van der Waals surface area contributed by atoms with E-state index in [4.69, 9.17) is 16.2 Å². The minimum Gasteiger partial charge on any atom is -0.445 e. The van der Waals surface area contributed by atoms with Crippen LogP contribution in [0.15, 0.2) is 89.9 Å². The molecule has 0 unspecified atom stereocenters. The second-order valence-corrected chi connectivity index (χ2v) is 14.2. The molecule has 0 heterocycles. The third-order valence-electron chi connectivity index (χ3n) is 9.39. The summed E-state index contributed by atoms with van der Waals surface area (Å²) < 4.78 is 5.40.